The highest BCUT2D eigenvalue weighted by Gasteiger charge is 2.14. The Hall–Kier alpha value is -1.63. The predicted octanol–water partition coefficient (Wildman–Crippen LogP) is 1.33. The van der Waals surface area contributed by atoms with Crippen molar-refractivity contribution in [3.05, 3.63) is 24.3 Å². The van der Waals surface area contributed by atoms with Crippen LogP contribution in [0.25, 0.3) is 0 Å². The van der Waals surface area contributed by atoms with E-state index in [1.165, 1.54) is 0 Å². The van der Waals surface area contributed by atoms with E-state index in [0.717, 1.165) is 43.9 Å². The summed E-state index contributed by atoms with van der Waals surface area (Å²) >= 11 is 0. The van der Waals surface area contributed by atoms with E-state index >= 15 is 0 Å². The lowest BCUT2D eigenvalue weighted by molar-refractivity contribution is -0.123. The molecule has 2 rings (SSSR count). The number of hydrogen-bond donors (Lipinski definition) is 2. The second-order valence-corrected chi connectivity index (χ2v) is 5.99. The quantitative estimate of drug-likeness (QED) is 0.756. The first-order chi connectivity index (χ1) is 11.1. The number of likely N-dealkylation sites (N-methyl/N-ethyl adjacent to an activating group) is 1. The van der Waals surface area contributed by atoms with E-state index in [2.05, 4.69) is 15.5 Å². The molecule has 1 aromatic rings. The Kier molecular flexibility index (Phi) is 7.32. The topological polar surface area (TPSA) is 62.8 Å². The van der Waals surface area contributed by atoms with E-state index in [4.69, 9.17) is 9.47 Å². The SMILES string of the molecule is CN(C)CCOc1cccc(NC(=O)COC2CCNCC2)c1. The molecule has 1 saturated heterocycles. The fraction of sp³-hybridized carbons (Fsp3) is 0.588. The van der Waals surface area contributed by atoms with Crippen molar-refractivity contribution in [2.75, 3.05) is 52.3 Å². The lowest BCUT2D eigenvalue weighted by atomic mass is 10.1. The number of benzene rings is 1. The minimum absolute atomic E-state index is 0.0936. The number of ether oxygens (including phenoxy) is 2. The van der Waals surface area contributed by atoms with Crippen molar-refractivity contribution in [3.8, 4) is 5.75 Å². The molecular weight excluding hydrogens is 294 g/mol. The van der Waals surface area contributed by atoms with Gasteiger partial charge in [0.15, 0.2) is 0 Å². The van der Waals surface area contributed by atoms with Gasteiger partial charge in [0.25, 0.3) is 0 Å². The molecule has 23 heavy (non-hydrogen) atoms. The van der Waals surface area contributed by atoms with Gasteiger partial charge >= 0.3 is 0 Å². The number of anilines is 1. The average Bonchev–Trinajstić information content (AvgIpc) is 2.54. The van der Waals surface area contributed by atoms with Crippen LogP contribution in [0.15, 0.2) is 24.3 Å². The van der Waals surface area contributed by atoms with Crippen LogP contribution in [0, 0.1) is 0 Å². The summed E-state index contributed by atoms with van der Waals surface area (Å²) in [6.07, 6.45) is 2.10. The van der Waals surface area contributed by atoms with Crippen LogP contribution in [0.5, 0.6) is 5.75 Å². The predicted molar refractivity (Wildman–Crippen MR) is 91.0 cm³/mol. The summed E-state index contributed by atoms with van der Waals surface area (Å²) in [5.74, 6) is 0.623. The molecule has 0 radical (unpaired) electrons. The molecule has 2 N–H and O–H groups in total. The number of nitrogens with one attached hydrogen (secondary N) is 2. The zero-order chi connectivity index (χ0) is 16.5. The molecule has 1 aliphatic heterocycles. The molecule has 0 aliphatic carbocycles. The van der Waals surface area contributed by atoms with Gasteiger partial charge in [0, 0.05) is 18.3 Å². The summed E-state index contributed by atoms with van der Waals surface area (Å²) in [7, 11) is 4.00. The Labute approximate surface area is 138 Å². The van der Waals surface area contributed by atoms with E-state index in [-0.39, 0.29) is 18.6 Å². The molecule has 1 aromatic carbocycles. The molecule has 6 nitrogen and oxygen atoms in total. The number of hydrogen-bond acceptors (Lipinski definition) is 5. The molecule has 0 saturated carbocycles. The first-order valence-corrected chi connectivity index (χ1v) is 8.13. The molecule has 0 bridgehead atoms. The maximum atomic E-state index is 12.0. The van der Waals surface area contributed by atoms with Crippen LogP contribution in [0.2, 0.25) is 0 Å². The van der Waals surface area contributed by atoms with Crippen LogP contribution in [-0.4, -0.2) is 63.9 Å². The third-order valence-corrected chi connectivity index (χ3v) is 3.66. The first kappa shape index (κ1) is 17.7. The Bertz CT molecular complexity index is 488. The fourth-order valence-corrected chi connectivity index (χ4v) is 2.36. The molecule has 1 heterocycles. The van der Waals surface area contributed by atoms with Crippen molar-refractivity contribution in [2.24, 2.45) is 0 Å². The van der Waals surface area contributed by atoms with Gasteiger partial charge in [0.1, 0.15) is 19.0 Å². The maximum Gasteiger partial charge on any atom is 0.250 e. The number of rotatable bonds is 8. The lowest BCUT2D eigenvalue weighted by Crippen LogP contribution is -2.34. The highest BCUT2D eigenvalue weighted by atomic mass is 16.5. The van der Waals surface area contributed by atoms with Gasteiger partial charge in [-0.15, -0.1) is 0 Å². The zero-order valence-electron chi connectivity index (χ0n) is 14.0. The van der Waals surface area contributed by atoms with Gasteiger partial charge in [-0.2, -0.15) is 0 Å². The molecule has 0 spiro atoms. The Morgan fingerprint density at radius 2 is 2.13 bits per heavy atom. The molecule has 0 atom stereocenters. The van der Waals surface area contributed by atoms with Gasteiger partial charge in [0.2, 0.25) is 5.91 Å². The van der Waals surface area contributed by atoms with Crippen molar-refractivity contribution in [1.29, 1.82) is 0 Å². The molecule has 128 valence electrons. The standard InChI is InChI=1S/C17H27N3O3/c1-20(2)10-11-22-16-5-3-4-14(12-16)19-17(21)13-23-15-6-8-18-9-7-15/h3-5,12,15,18H,6-11,13H2,1-2H3,(H,19,21). The summed E-state index contributed by atoms with van der Waals surface area (Å²) in [6.45, 7) is 3.47. The number of amides is 1. The number of carbonyl (C=O) groups excluding carboxylic acids is 1. The molecule has 6 heteroatoms. The minimum atomic E-state index is -0.131. The minimum Gasteiger partial charge on any atom is -0.492 e. The Morgan fingerprint density at radius 1 is 1.35 bits per heavy atom. The molecule has 0 aromatic heterocycles. The first-order valence-electron chi connectivity index (χ1n) is 8.13. The maximum absolute atomic E-state index is 12.0. The van der Waals surface area contributed by atoms with Crippen molar-refractivity contribution in [1.82, 2.24) is 10.2 Å². The van der Waals surface area contributed by atoms with E-state index in [1.807, 2.05) is 38.4 Å². The molecular formula is C17H27N3O3. The van der Waals surface area contributed by atoms with Crippen molar-refractivity contribution in [2.45, 2.75) is 18.9 Å². The smallest absolute Gasteiger partial charge is 0.250 e. The summed E-state index contributed by atoms with van der Waals surface area (Å²) in [5, 5.41) is 6.13. The third-order valence-electron chi connectivity index (χ3n) is 3.66. The van der Waals surface area contributed by atoms with Crippen LogP contribution in [0.4, 0.5) is 5.69 Å². The Morgan fingerprint density at radius 3 is 2.87 bits per heavy atom. The summed E-state index contributed by atoms with van der Waals surface area (Å²) in [4.78, 5) is 14.0. The van der Waals surface area contributed by atoms with Gasteiger partial charge in [-0.25, -0.2) is 0 Å². The fourth-order valence-electron chi connectivity index (χ4n) is 2.36. The monoisotopic (exact) mass is 321 g/mol. The van der Waals surface area contributed by atoms with Gasteiger partial charge in [-0.05, 0) is 52.2 Å². The Balaban J connectivity index is 1.74. The highest BCUT2D eigenvalue weighted by molar-refractivity contribution is 5.91. The van der Waals surface area contributed by atoms with Crippen LogP contribution >= 0.6 is 0 Å². The molecule has 1 aliphatic rings. The van der Waals surface area contributed by atoms with Crippen LogP contribution < -0.4 is 15.4 Å². The lowest BCUT2D eigenvalue weighted by Gasteiger charge is -2.22. The van der Waals surface area contributed by atoms with Gasteiger partial charge in [-0.1, -0.05) is 6.07 Å². The molecule has 1 amide bonds. The third kappa shape index (κ3) is 6.99. The largest absolute Gasteiger partial charge is 0.492 e. The van der Waals surface area contributed by atoms with E-state index in [0.29, 0.717) is 6.61 Å². The van der Waals surface area contributed by atoms with Crippen LogP contribution in [0.3, 0.4) is 0 Å². The van der Waals surface area contributed by atoms with Gasteiger partial charge in [-0.3, -0.25) is 4.79 Å². The summed E-state index contributed by atoms with van der Waals surface area (Å²) < 4.78 is 11.3. The normalized spacial score (nSPS) is 15.6. The number of carbonyl (C=O) groups is 1. The summed E-state index contributed by atoms with van der Waals surface area (Å²) in [5.41, 5.74) is 0.728. The van der Waals surface area contributed by atoms with Gasteiger partial charge < -0.3 is 25.0 Å². The molecule has 0 unspecified atom stereocenters. The zero-order valence-corrected chi connectivity index (χ0v) is 14.0. The van der Waals surface area contributed by atoms with Crippen molar-refractivity contribution in [3.63, 3.8) is 0 Å². The van der Waals surface area contributed by atoms with Crippen LogP contribution in [0.1, 0.15) is 12.8 Å². The van der Waals surface area contributed by atoms with E-state index in [9.17, 15) is 4.79 Å². The molecule has 1 fully saturated rings. The van der Waals surface area contributed by atoms with Gasteiger partial charge in [0.05, 0.1) is 6.10 Å². The van der Waals surface area contributed by atoms with E-state index in [1.54, 1.807) is 0 Å². The number of nitrogens with zero attached hydrogens (tertiary/aromatic N) is 1. The summed E-state index contributed by atoms with van der Waals surface area (Å²) in [6, 6.07) is 7.43. The number of piperidine rings is 1. The highest BCUT2D eigenvalue weighted by Crippen LogP contribution is 2.17. The van der Waals surface area contributed by atoms with Crippen molar-refractivity contribution < 1.29 is 14.3 Å². The van der Waals surface area contributed by atoms with Crippen LogP contribution in [-0.2, 0) is 9.53 Å². The van der Waals surface area contributed by atoms with Crippen molar-refractivity contribution >= 4 is 11.6 Å². The second kappa shape index (κ2) is 9.50. The van der Waals surface area contributed by atoms with E-state index < -0.39 is 0 Å². The second-order valence-electron chi connectivity index (χ2n) is 5.99. The average molecular weight is 321 g/mol.